The van der Waals surface area contributed by atoms with E-state index in [0.717, 1.165) is 16.9 Å². The number of sulfonamides is 1. The van der Waals surface area contributed by atoms with E-state index in [1.54, 1.807) is 55.5 Å². The van der Waals surface area contributed by atoms with E-state index in [9.17, 15) is 13.2 Å². The predicted octanol–water partition coefficient (Wildman–Crippen LogP) is 4.98. The van der Waals surface area contributed by atoms with Gasteiger partial charge in [0.15, 0.2) is 0 Å². The summed E-state index contributed by atoms with van der Waals surface area (Å²) in [5.41, 5.74) is 1.40. The number of carbonyl (C=O) groups is 1. The molecule has 0 amide bonds. The van der Waals surface area contributed by atoms with E-state index >= 15 is 0 Å². The Morgan fingerprint density at radius 1 is 1.14 bits per heavy atom. The van der Waals surface area contributed by atoms with Crippen molar-refractivity contribution in [1.29, 1.82) is 0 Å². The molecule has 29 heavy (non-hydrogen) atoms. The first kappa shape index (κ1) is 20.7. The SMILES string of the molecule is CCOc1ccc(-c2cc(NS(=O)(=O)c3ccccc3C)c(OC(=O)O)s2)cc1. The molecular formula is C20H19NO6S2. The Labute approximate surface area is 172 Å². The second-order valence-electron chi connectivity index (χ2n) is 6.01. The fourth-order valence-electron chi connectivity index (χ4n) is 2.68. The summed E-state index contributed by atoms with van der Waals surface area (Å²) < 4.78 is 38.3. The molecule has 0 radical (unpaired) electrons. The zero-order valence-electron chi connectivity index (χ0n) is 15.7. The lowest BCUT2D eigenvalue weighted by Crippen LogP contribution is -2.15. The summed E-state index contributed by atoms with van der Waals surface area (Å²) in [7, 11) is -3.92. The quantitative estimate of drug-likeness (QED) is 0.510. The second kappa shape index (κ2) is 8.54. The minimum Gasteiger partial charge on any atom is -0.494 e. The summed E-state index contributed by atoms with van der Waals surface area (Å²) in [5, 5.41) is 8.96. The summed E-state index contributed by atoms with van der Waals surface area (Å²) in [6.07, 6.45) is -1.53. The zero-order chi connectivity index (χ0) is 21.0. The topological polar surface area (TPSA) is 102 Å². The van der Waals surface area contributed by atoms with Crippen LogP contribution in [0.1, 0.15) is 12.5 Å². The monoisotopic (exact) mass is 433 g/mol. The molecule has 1 aromatic heterocycles. The van der Waals surface area contributed by atoms with Crippen LogP contribution in [0.15, 0.2) is 59.5 Å². The smallest absolute Gasteiger partial charge is 0.494 e. The standard InChI is InChI=1S/C20H19NO6S2/c1-3-26-15-10-8-14(9-11-15)17-12-16(19(28-17)27-20(22)23)21-29(24,25)18-7-5-4-6-13(18)2/h4-12,21H,3H2,1-2H3,(H,22,23). The van der Waals surface area contributed by atoms with E-state index in [2.05, 4.69) is 4.72 Å². The minimum absolute atomic E-state index is 0.0569. The number of thiophene rings is 1. The number of hydrogen-bond acceptors (Lipinski definition) is 6. The lowest BCUT2D eigenvalue weighted by molar-refractivity contribution is 0.146. The number of aryl methyl sites for hydroxylation is 1. The average molecular weight is 434 g/mol. The van der Waals surface area contributed by atoms with Crippen LogP contribution in [0.3, 0.4) is 0 Å². The highest BCUT2D eigenvalue weighted by atomic mass is 32.2. The third kappa shape index (κ3) is 4.87. The Kier molecular flexibility index (Phi) is 6.09. The molecule has 3 rings (SSSR count). The fourth-order valence-corrected chi connectivity index (χ4v) is 5.01. The van der Waals surface area contributed by atoms with Crippen LogP contribution in [0.2, 0.25) is 0 Å². The summed E-state index contributed by atoms with van der Waals surface area (Å²) >= 11 is 1.03. The van der Waals surface area contributed by atoms with Crippen LogP contribution in [0.4, 0.5) is 10.5 Å². The Morgan fingerprint density at radius 3 is 2.45 bits per heavy atom. The van der Waals surface area contributed by atoms with Gasteiger partial charge in [0, 0.05) is 4.88 Å². The van der Waals surface area contributed by atoms with Gasteiger partial charge in [0.1, 0.15) is 11.4 Å². The molecule has 3 aromatic rings. The van der Waals surface area contributed by atoms with Crippen LogP contribution in [0.5, 0.6) is 10.8 Å². The van der Waals surface area contributed by atoms with Crippen molar-refractivity contribution in [1.82, 2.24) is 0 Å². The highest BCUT2D eigenvalue weighted by molar-refractivity contribution is 7.92. The molecule has 0 bridgehead atoms. The van der Waals surface area contributed by atoms with Gasteiger partial charge in [-0.3, -0.25) is 4.72 Å². The first-order chi connectivity index (χ1) is 13.8. The highest BCUT2D eigenvalue weighted by Crippen LogP contribution is 2.42. The normalized spacial score (nSPS) is 11.1. The molecule has 2 N–H and O–H groups in total. The van der Waals surface area contributed by atoms with Crippen LogP contribution >= 0.6 is 11.3 Å². The van der Waals surface area contributed by atoms with Crippen LogP contribution in [-0.4, -0.2) is 26.3 Å². The third-order valence-corrected chi connectivity index (χ3v) is 6.54. The first-order valence-corrected chi connectivity index (χ1v) is 11.0. The molecular weight excluding hydrogens is 414 g/mol. The van der Waals surface area contributed by atoms with E-state index < -0.39 is 16.2 Å². The van der Waals surface area contributed by atoms with Crippen molar-refractivity contribution in [2.75, 3.05) is 11.3 Å². The Hall–Kier alpha value is -3.04. The first-order valence-electron chi connectivity index (χ1n) is 8.66. The third-order valence-electron chi connectivity index (χ3n) is 3.96. The van der Waals surface area contributed by atoms with Crippen molar-refractivity contribution >= 4 is 33.2 Å². The second-order valence-corrected chi connectivity index (χ2v) is 8.67. The molecule has 7 nitrogen and oxygen atoms in total. The van der Waals surface area contributed by atoms with E-state index in [0.29, 0.717) is 22.8 Å². The van der Waals surface area contributed by atoms with Gasteiger partial charge in [-0.05, 0) is 61.4 Å². The molecule has 9 heteroatoms. The van der Waals surface area contributed by atoms with Gasteiger partial charge in [0.2, 0.25) is 5.06 Å². The molecule has 0 saturated carbocycles. The van der Waals surface area contributed by atoms with Gasteiger partial charge < -0.3 is 14.6 Å². The number of anilines is 1. The van der Waals surface area contributed by atoms with E-state index in [1.807, 2.05) is 6.92 Å². The number of nitrogens with one attached hydrogen (secondary N) is 1. The number of benzene rings is 2. The molecule has 0 atom stereocenters. The van der Waals surface area contributed by atoms with E-state index in [-0.39, 0.29) is 15.6 Å². The van der Waals surface area contributed by atoms with Gasteiger partial charge in [-0.1, -0.05) is 29.5 Å². The largest absolute Gasteiger partial charge is 0.512 e. The van der Waals surface area contributed by atoms with Crippen molar-refractivity contribution in [3.05, 3.63) is 60.2 Å². The summed E-state index contributed by atoms with van der Waals surface area (Å²) in [6.45, 7) is 4.11. The number of ether oxygens (including phenoxy) is 2. The van der Waals surface area contributed by atoms with Gasteiger partial charge in [-0.15, -0.1) is 0 Å². The summed E-state index contributed by atoms with van der Waals surface area (Å²) in [6, 6.07) is 15.3. The number of carboxylic acid groups (broad SMARTS) is 1. The maximum Gasteiger partial charge on any atom is 0.512 e. The van der Waals surface area contributed by atoms with Crippen molar-refractivity contribution < 1.29 is 27.8 Å². The molecule has 2 aromatic carbocycles. The number of rotatable bonds is 7. The van der Waals surface area contributed by atoms with Crippen LogP contribution in [0, 0.1) is 6.92 Å². The van der Waals surface area contributed by atoms with Crippen molar-refractivity contribution in [2.45, 2.75) is 18.7 Å². The maximum absolute atomic E-state index is 12.8. The van der Waals surface area contributed by atoms with Crippen LogP contribution in [0.25, 0.3) is 10.4 Å². The molecule has 0 saturated heterocycles. The molecule has 0 aliphatic rings. The fraction of sp³-hybridized carbons (Fsp3) is 0.150. The molecule has 0 aliphatic heterocycles. The van der Waals surface area contributed by atoms with Crippen molar-refractivity contribution in [3.8, 4) is 21.3 Å². The molecule has 0 fully saturated rings. The Bertz CT molecular complexity index is 1120. The summed E-state index contributed by atoms with van der Waals surface area (Å²) in [5.74, 6) is 0.704. The molecule has 0 aliphatic carbocycles. The van der Waals surface area contributed by atoms with E-state index in [1.165, 1.54) is 6.07 Å². The van der Waals surface area contributed by atoms with Gasteiger partial charge in [0.05, 0.1) is 11.5 Å². The lowest BCUT2D eigenvalue weighted by atomic mass is 10.2. The Morgan fingerprint density at radius 2 is 1.83 bits per heavy atom. The van der Waals surface area contributed by atoms with Gasteiger partial charge in [0.25, 0.3) is 10.0 Å². The average Bonchev–Trinajstić information content (AvgIpc) is 3.04. The molecule has 1 heterocycles. The molecule has 152 valence electrons. The van der Waals surface area contributed by atoms with Crippen molar-refractivity contribution in [2.24, 2.45) is 0 Å². The number of hydrogen-bond donors (Lipinski definition) is 2. The van der Waals surface area contributed by atoms with Gasteiger partial charge in [-0.2, -0.15) is 0 Å². The predicted molar refractivity (Wildman–Crippen MR) is 112 cm³/mol. The molecule has 0 spiro atoms. The van der Waals surface area contributed by atoms with Crippen LogP contribution < -0.4 is 14.2 Å². The molecule has 0 unspecified atom stereocenters. The highest BCUT2D eigenvalue weighted by Gasteiger charge is 2.22. The Balaban J connectivity index is 1.97. The van der Waals surface area contributed by atoms with Gasteiger partial charge >= 0.3 is 6.16 Å². The minimum atomic E-state index is -3.92. The van der Waals surface area contributed by atoms with Gasteiger partial charge in [-0.25, -0.2) is 13.2 Å². The zero-order valence-corrected chi connectivity index (χ0v) is 17.3. The van der Waals surface area contributed by atoms with Crippen LogP contribution in [-0.2, 0) is 10.0 Å². The van der Waals surface area contributed by atoms with E-state index in [4.69, 9.17) is 14.6 Å². The maximum atomic E-state index is 12.8. The lowest BCUT2D eigenvalue weighted by Gasteiger charge is -2.10. The summed E-state index contributed by atoms with van der Waals surface area (Å²) in [4.78, 5) is 11.8. The van der Waals surface area contributed by atoms with Crippen molar-refractivity contribution in [3.63, 3.8) is 0 Å².